The number of urea groups is 1. The first kappa shape index (κ1) is 55.5. The lowest BCUT2D eigenvalue weighted by molar-refractivity contribution is -0.137. The van der Waals surface area contributed by atoms with E-state index in [1.54, 1.807) is 52.2 Å². The van der Waals surface area contributed by atoms with Gasteiger partial charge in [-0.1, -0.05) is 68.8 Å². The van der Waals surface area contributed by atoms with Crippen LogP contribution in [0.1, 0.15) is 76.3 Å². The van der Waals surface area contributed by atoms with Gasteiger partial charge in [-0.2, -0.15) is 0 Å². The standard InChI is InChI=1S/C53H69N9O10/c1-36(2)49(59-46(64)20-6-5-11-30-62-47(65)25-26-48(62)66)45(63)34-38(14-12-28-56-51(54)68)50(67)57-39-23-21-37(22-24-39)35-72-53(70)61(4)32-31-60(3)52(69)71-33-29-55-27-13-17-40-41-15-7-9-18-43(41)58-44-19-10-8-16-42(40)44/h7-10,15-16,18-19,21-26,36,38,49,55H,5-6,11-14,17,20,27-35H2,1-4H3,(H,57,67)(H,59,64)(H3,54,56,68)/t38-,49+/m1/s1. The van der Waals surface area contributed by atoms with Crippen LogP contribution in [0.5, 0.6) is 0 Å². The van der Waals surface area contributed by atoms with Crippen molar-refractivity contribution in [1.82, 2.24) is 35.6 Å². The molecule has 0 fully saturated rings. The Bertz CT molecular complexity index is 2480. The number of unbranched alkanes of at least 4 members (excludes halogenated alkanes) is 2. The molecule has 1 aromatic heterocycles. The van der Waals surface area contributed by atoms with Crippen molar-refractivity contribution in [1.29, 1.82) is 0 Å². The molecule has 19 heteroatoms. The Morgan fingerprint density at radius 3 is 1.99 bits per heavy atom. The van der Waals surface area contributed by atoms with Gasteiger partial charge in [-0.25, -0.2) is 19.4 Å². The molecule has 8 amide bonds. The van der Waals surface area contributed by atoms with Crippen LogP contribution >= 0.6 is 0 Å². The first-order chi connectivity index (χ1) is 34.6. The van der Waals surface area contributed by atoms with Crippen LogP contribution < -0.4 is 27.0 Å². The second kappa shape index (κ2) is 28.4. The van der Waals surface area contributed by atoms with Crippen LogP contribution in [-0.4, -0.2) is 133 Å². The van der Waals surface area contributed by atoms with E-state index in [1.807, 2.05) is 36.4 Å². The average molecular weight is 992 g/mol. The summed E-state index contributed by atoms with van der Waals surface area (Å²) >= 11 is 0. The number of fused-ring (bicyclic) bond motifs is 2. The number of amides is 8. The van der Waals surface area contributed by atoms with Gasteiger partial charge in [0.2, 0.25) is 11.8 Å². The molecule has 2 heterocycles. The topological polar surface area (TPSA) is 252 Å². The molecule has 1 aliphatic rings. The van der Waals surface area contributed by atoms with E-state index in [-0.39, 0.29) is 88.1 Å². The van der Waals surface area contributed by atoms with Crippen molar-refractivity contribution in [2.75, 3.05) is 65.3 Å². The van der Waals surface area contributed by atoms with Crippen LogP contribution in [0.2, 0.25) is 0 Å². The highest BCUT2D eigenvalue weighted by Crippen LogP contribution is 2.27. The number of benzene rings is 3. The van der Waals surface area contributed by atoms with E-state index in [9.17, 15) is 38.4 Å². The van der Waals surface area contributed by atoms with Gasteiger partial charge in [0.05, 0.1) is 17.1 Å². The van der Waals surface area contributed by atoms with Gasteiger partial charge in [-0.05, 0) is 86.4 Å². The lowest BCUT2D eigenvalue weighted by Gasteiger charge is -2.24. The molecule has 2 atom stereocenters. The number of imide groups is 1. The van der Waals surface area contributed by atoms with E-state index >= 15 is 0 Å². The number of nitrogens with one attached hydrogen (secondary N) is 4. The smallest absolute Gasteiger partial charge is 0.409 e. The molecule has 0 saturated heterocycles. The van der Waals surface area contributed by atoms with Gasteiger partial charge >= 0.3 is 18.2 Å². The molecule has 6 N–H and O–H groups in total. The number of aromatic nitrogens is 1. The Balaban J connectivity index is 0.988. The number of likely N-dealkylation sites (N-methyl/N-ethyl adjacent to an activating group) is 2. The second-order valence-electron chi connectivity index (χ2n) is 18.2. The number of ether oxygens (including phenoxy) is 2. The van der Waals surface area contributed by atoms with Gasteiger partial charge in [0.1, 0.15) is 13.2 Å². The fourth-order valence-electron chi connectivity index (χ4n) is 8.20. The molecule has 4 aromatic rings. The van der Waals surface area contributed by atoms with E-state index in [0.29, 0.717) is 43.5 Å². The van der Waals surface area contributed by atoms with Gasteiger partial charge in [-0.15, -0.1) is 0 Å². The predicted molar refractivity (Wildman–Crippen MR) is 273 cm³/mol. The van der Waals surface area contributed by atoms with E-state index in [2.05, 4.69) is 33.4 Å². The third-order valence-corrected chi connectivity index (χ3v) is 12.3. The number of anilines is 1. The molecule has 0 aliphatic carbocycles. The molecule has 386 valence electrons. The summed E-state index contributed by atoms with van der Waals surface area (Å²) in [4.78, 5) is 109. The minimum Gasteiger partial charge on any atom is -0.448 e. The Kier molecular flexibility index (Phi) is 21.9. The summed E-state index contributed by atoms with van der Waals surface area (Å²) in [7, 11) is 3.17. The minimum atomic E-state index is -0.844. The van der Waals surface area contributed by atoms with Crippen molar-refractivity contribution in [2.24, 2.45) is 17.6 Å². The third-order valence-electron chi connectivity index (χ3n) is 12.3. The number of pyridine rings is 1. The highest BCUT2D eigenvalue weighted by Gasteiger charge is 2.30. The van der Waals surface area contributed by atoms with E-state index < -0.39 is 36.1 Å². The number of hydrogen-bond acceptors (Lipinski definition) is 12. The van der Waals surface area contributed by atoms with Crippen LogP contribution in [-0.2, 0) is 46.5 Å². The molecule has 0 bridgehead atoms. The van der Waals surface area contributed by atoms with Crippen LogP contribution in [0.15, 0.2) is 84.9 Å². The quantitative estimate of drug-likeness (QED) is 0.0245. The van der Waals surface area contributed by atoms with Gasteiger partial charge in [-0.3, -0.25) is 28.9 Å². The van der Waals surface area contributed by atoms with E-state index in [0.717, 1.165) is 46.1 Å². The van der Waals surface area contributed by atoms with Crippen molar-refractivity contribution in [3.05, 3.63) is 96.1 Å². The maximum atomic E-state index is 13.7. The van der Waals surface area contributed by atoms with Gasteiger partial charge in [0, 0.05) is 94.2 Å². The Morgan fingerprint density at radius 2 is 1.36 bits per heavy atom. The number of nitrogens with two attached hydrogens (primary N) is 1. The molecular formula is C53H69N9O10. The lowest BCUT2D eigenvalue weighted by Crippen LogP contribution is -2.45. The summed E-state index contributed by atoms with van der Waals surface area (Å²) in [6.07, 6.45) is 5.36. The van der Waals surface area contributed by atoms with Crippen molar-refractivity contribution >= 4 is 75.1 Å². The summed E-state index contributed by atoms with van der Waals surface area (Å²) in [6.45, 7) is 5.88. The van der Waals surface area contributed by atoms with Crippen molar-refractivity contribution in [3.63, 3.8) is 0 Å². The van der Waals surface area contributed by atoms with E-state index in [4.69, 9.17) is 20.2 Å². The molecule has 0 saturated carbocycles. The van der Waals surface area contributed by atoms with Crippen molar-refractivity contribution < 1.29 is 47.8 Å². The Labute approximate surface area is 420 Å². The number of carbonyl (C=O) groups is 8. The number of aryl methyl sites for hydroxylation is 1. The summed E-state index contributed by atoms with van der Waals surface area (Å²) in [6, 6.07) is 21.5. The molecule has 5 rings (SSSR count). The van der Waals surface area contributed by atoms with Crippen LogP contribution in [0.4, 0.5) is 20.1 Å². The van der Waals surface area contributed by atoms with Gasteiger partial charge < -0.3 is 46.3 Å². The summed E-state index contributed by atoms with van der Waals surface area (Å²) in [5.41, 5.74) is 9.54. The third kappa shape index (κ3) is 17.5. The molecular weight excluding hydrogens is 923 g/mol. The zero-order chi connectivity index (χ0) is 52.0. The van der Waals surface area contributed by atoms with E-state index in [1.165, 1.54) is 27.5 Å². The van der Waals surface area contributed by atoms with Crippen molar-refractivity contribution in [3.8, 4) is 0 Å². The molecule has 3 aromatic carbocycles. The van der Waals surface area contributed by atoms with Crippen LogP contribution in [0.25, 0.3) is 21.8 Å². The summed E-state index contributed by atoms with van der Waals surface area (Å²) in [5, 5.41) is 13.8. The summed E-state index contributed by atoms with van der Waals surface area (Å²) < 4.78 is 10.9. The number of rotatable bonds is 29. The SMILES string of the molecule is CC(C)[C@H](NC(=O)CCCCCN1C(=O)C=CC1=O)C(=O)C[C@@H](CCCNC(N)=O)C(=O)Nc1ccc(COC(=O)N(C)CCN(C)C(=O)OCCNCCCc2c3ccccc3nc3ccccc23)cc1. The number of carbonyl (C=O) groups excluding carboxylic acids is 8. The highest BCUT2D eigenvalue weighted by atomic mass is 16.6. The first-order valence-electron chi connectivity index (χ1n) is 24.6. The highest BCUT2D eigenvalue weighted by molar-refractivity contribution is 6.12. The molecule has 0 radical (unpaired) electrons. The number of primary amides is 1. The Hall–Kier alpha value is -7.41. The normalized spacial score (nSPS) is 13.0. The van der Waals surface area contributed by atoms with Crippen molar-refractivity contribution in [2.45, 2.75) is 84.3 Å². The van der Waals surface area contributed by atoms with Gasteiger partial charge in [0.15, 0.2) is 5.78 Å². The fraction of sp³-hybridized carbons (Fsp3) is 0.453. The Morgan fingerprint density at radius 1 is 0.736 bits per heavy atom. The van der Waals surface area contributed by atoms with Gasteiger partial charge in [0.25, 0.3) is 11.8 Å². The number of nitrogens with zero attached hydrogens (tertiary/aromatic N) is 4. The maximum absolute atomic E-state index is 13.7. The lowest BCUT2D eigenvalue weighted by atomic mass is 9.89. The van der Waals surface area contributed by atoms with Crippen LogP contribution in [0, 0.1) is 11.8 Å². The zero-order valence-electron chi connectivity index (χ0n) is 41.8. The number of ketones is 1. The number of hydrogen-bond donors (Lipinski definition) is 5. The second-order valence-corrected chi connectivity index (χ2v) is 18.2. The molecule has 1 aliphatic heterocycles. The first-order valence-corrected chi connectivity index (χ1v) is 24.6. The maximum Gasteiger partial charge on any atom is 0.409 e. The predicted octanol–water partition coefficient (Wildman–Crippen LogP) is 5.84. The molecule has 0 unspecified atom stereocenters. The van der Waals surface area contributed by atoms with Crippen LogP contribution in [0.3, 0.4) is 0 Å². The largest absolute Gasteiger partial charge is 0.448 e. The summed E-state index contributed by atoms with van der Waals surface area (Å²) in [5.74, 6) is -2.83. The minimum absolute atomic E-state index is 0.0529. The molecule has 19 nitrogen and oxygen atoms in total. The number of para-hydroxylation sites is 2. The fourth-order valence-corrected chi connectivity index (χ4v) is 8.20. The molecule has 72 heavy (non-hydrogen) atoms. The zero-order valence-corrected chi connectivity index (χ0v) is 41.8. The number of Topliss-reactive ketones (excluding diaryl/α,β-unsaturated/α-hetero) is 1. The molecule has 0 spiro atoms. The average Bonchev–Trinajstić information content (AvgIpc) is 3.69. The monoisotopic (exact) mass is 992 g/mol.